The largest absolute Gasteiger partial charge is 0.494 e. The van der Waals surface area contributed by atoms with Crippen LogP contribution >= 0.6 is 11.3 Å². The maximum absolute atomic E-state index is 12.2. The molecule has 1 fully saturated rings. The number of hydrogen-bond donors (Lipinski definition) is 0. The van der Waals surface area contributed by atoms with Crippen molar-refractivity contribution in [2.75, 3.05) is 6.61 Å². The Balaban J connectivity index is 1.28. The van der Waals surface area contributed by atoms with Gasteiger partial charge in [0.2, 0.25) is 0 Å². The summed E-state index contributed by atoms with van der Waals surface area (Å²) in [5.41, 5.74) is 1.81. The molecule has 140 valence electrons. The second-order valence-electron chi connectivity index (χ2n) is 6.54. The highest BCUT2D eigenvalue weighted by Gasteiger charge is 2.36. The van der Waals surface area contributed by atoms with Crippen LogP contribution in [0.3, 0.4) is 0 Å². The van der Waals surface area contributed by atoms with E-state index in [-0.39, 0.29) is 18.5 Å². The smallest absolute Gasteiger partial charge is 0.309 e. The minimum Gasteiger partial charge on any atom is -0.494 e. The molecule has 0 bridgehead atoms. The van der Waals surface area contributed by atoms with Crippen LogP contribution in [0.2, 0.25) is 0 Å². The molecule has 0 atom stereocenters. The highest BCUT2D eigenvalue weighted by molar-refractivity contribution is 7.13. The highest BCUT2D eigenvalue weighted by atomic mass is 32.1. The topological polar surface area (TPSA) is 66.2 Å². The fraction of sp³-hybridized carbons (Fsp3) is 0.350. The Morgan fingerprint density at radius 2 is 2.11 bits per heavy atom. The van der Waals surface area contributed by atoms with E-state index >= 15 is 0 Å². The molecule has 7 heteroatoms. The van der Waals surface area contributed by atoms with Crippen molar-refractivity contribution < 1.29 is 14.3 Å². The van der Waals surface area contributed by atoms with Crippen LogP contribution in [0.5, 0.6) is 5.75 Å². The zero-order chi connectivity index (χ0) is 18.6. The normalized spacial score (nSPS) is 18.7. The van der Waals surface area contributed by atoms with Gasteiger partial charge >= 0.3 is 5.97 Å². The third-order valence-corrected chi connectivity index (χ3v) is 5.66. The quantitative estimate of drug-likeness (QED) is 0.575. The van der Waals surface area contributed by atoms with E-state index in [2.05, 4.69) is 9.97 Å². The van der Waals surface area contributed by atoms with Crippen LogP contribution in [-0.4, -0.2) is 27.1 Å². The number of thiazole rings is 1. The van der Waals surface area contributed by atoms with Crippen LogP contribution < -0.4 is 4.74 Å². The molecule has 0 spiro atoms. The van der Waals surface area contributed by atoms with Crippen molar-refractivity contribution in [1.29, 1.82) is 0 Å². The molecule has 2 heterocycles. The van der Waals surface area contributed by atoms with Gasteiger partial charge in [0, 0.05) is 29.4 Å². The van der Waals surface area contributed by atoms with Crippen LogP contribution in [0.4, 0.5) is 0 Å². The molecule has 1 aromatic carbocycles. The summed E-state index contributed by atoms with van der Waals surface area (Å²) in [7, 11) is 0. The van der Waals surface area contributed by atoms with Crippen LogP contribution in [0.25, 0.3) is 10.6 Å². The Labute approximate surface area is 161 Å². The van der Waals surface area contributed by atoms with Crippen LogP contribution in [-0.2, 0) is 16.1 Å². The minimum absolute atomic E-state index is 0.0263. The maximum Gasteiger partial charge on any atom is 0.309 e. The number of ether oxygens (including phenoxy) is 2. The molecule has 0 N–H and O–H groups in total. The Morgan fingerprint density at radius 1 is 1.30 bits per heavy atom. The number of aromatic nitrogens is 3. The number of rotatable bonds is 7. The van der Waals surface area contributed by atoms with Crippen molar-refractivity contribution in [2.45, 2.75) is 32.4 Å². The van der Waals surface area contributed by atoms with Gasteiger partial charge in [-0.2, -0.15) is 0 Å². The first-order valence-electron chi connectivity index (χ1n) is 9.04. The standard InChI is InChI=1S/C20H21N3O3S/c1-2-25-18-5-3-14(4-6-18)19-22-16(12-27-19)11-26-20(24)15-9-17(10-15)23-8-7-21-13-23/h3-8,12-13,15,17H,2,9-11H2,1H3. The van der Waals surface area contributed by atoms with Gasteiger partial charge in [0.1, 0.15) is 17.4 Å². The minimum atomic E-state index is -0.137. The van der Waals surface area contributed by atoms with Gasteiger partial charge in [-0.15, -0.1) is 11.3 Å². The Bertz CT molecular complexity index is 884. The van der Waals surface area contributed by atoms with Crippen molar-refractivity contribution in [3.05, 3.63) is 54.1 Å². The lowest BCUT2D eigenvalue weighted by atomic mass is 9.80. The predicted octanol–water partition coefficient (Wildman–Crippen LogP) is 4.10. The van der Waals surface area contributed by atoms with Crippen molar-refractivity contribution in [3.63, 3.8) is 0 Å². The molecule has 0 unspecified atom stereocenters. The van der Waals surface area contributed by atoms with Crippen molar-refractivity contribution in [3.8, 4) is 16.3 Å². The zero-order valence-corrected chi connectivity index (χ0v) is 15.9. The summed E-state index contributed by atoms with van der Waals surface area (Å²) in [6.45, 7) is 2.83. The van der Waals surface area contributed by atoms with Gasteiger partial charge in [0.25, 0.3) is 0 Å². The molecule has 1 aliphatic rings. The molecular formula is C20H21N3O3S. The first kappa shape index (κ1) is 17.7. The van der Waals surface area contributed by atoms with Gasteiger partial charge in [-0.25, -0.2) is 9.97 Å². The van der Waals surface area contributed by atoms with E-state index in [1.54, 1.807) is 23.9 Å². The summed E-state index contributed by atoms with van der Waals surface area (Å²) >= 11 is 1.55. The number of carbonyl (C=O) groups excluding carboxylic acids is 1. The lowest BCUT2D eigenvalue weighted by Crippen LogP contribution is -2.33. The van der Waals surface area contributed by atoms with Gasteiger partial charge in [0.15, 0.2) is 0 Å². The first-order chi connectivity index (χ1) is 13.2. The second kappa shape index (κ2) is 7.92. The molecule has 4 rings (SSSR count). The summed E-state index contributed by atoms with van der Waals surface area (Å²) in [6.07, 6.45) is 7.11. The van der Waals surface area contributed by atoms with Crippen molar-refractivity contribution in [2.24, 2.45) is 5.92 Å². The van der Waals surface area contributed by atoms with Gasteiger partial charge in [0.05, 0.1) is 24.5 Å². The summed E-state index contributed by atoms with van der Waals surface area (Å²) in [5.74, 6) is 0.685. The predicted molar refractivity (Wildman–Crippen MR) is 103 cm³/mol. The van der Waals surface area contributed by atoms with Gasteiger partial charge < -0.3 is 14.0 Å². The van der Waals surface area contributed by atoms with Gasteiger partial charge in [-0.1, -0.05) is 0 Å². The maximum atomic E-state index is 12.2. The van der Waals surface area contributed by atoms with Crippen LogP contribution in [0.1, 0.15) is 31.5 Å². The molecule has 3 aromatic rings. The van der Waals surface area contributed by atoms with E-state index in [1.165, 1.54) is 0 Å². The Kier molecular flexibility index (Phi) is 5.20. The van der Waals surface area contributed by atoms with E-state index in [9.17, 15) is 4.79 Å². The molecule has 0 aliphatic heterocycles. The average molecular weight is 383 g/mol. The molecule has 2 aromatic heterocycles. The number of imidazole rings is 1. The monoisotopic (exact) mass is 383 g/mol. The molecular weight excluding hydrogens is 362 g/mol. The third kappa shape index (κ3) is 4.03. The molecule has 27 heavy (non-hydrogen) atoms. The zero-order valence-electron chi connectivity index (χ0n) is 15.1. The lowest BCUT2D eigenvalue weighted by Gasteiger charge is -2.34. The second-order valence-corrected chi connectivity index (χ2v) is 7.40. The van der Waals surface area contributed by atoms with E-state index in [4.69, 9.17) is 9.47 Å². The van der Waals surface area contributed by atoms with E-state index < -0.39 is 0 Å². The van der Waals surface area contributed by atoms with Crippen LogP contribution in [0, 0.1) is 5.92 Å². The molecule has 1 aliphatic carbocycles. The first-order valence-corrected chi connectivity index (χ1v) is 9.92. The number of carbonyl (C=O) groups is 1. The SMILES string of the molecule is CCOc1ccc(-c2nc(COC(=O)C3CC(n4ccnc4)C3)cs2)cc1. The average Bonchev–Trinajstić information content (AvgIpc) is 3.32. The third-order valence-electron chi connectivity index (χ3n) is 4.72. The highest BCUT2D eigenvalue weighted by Crippen LogP contribution is 2.38. The summed E-state index contributed by atoms with van der Waals surface area (Å²) in [4.78, 5) is 20.8. The summed E-state index contributed by atoms with van der Waals surface area (Å²) < 4.78 is 13.0. The lowest BCUT2D eigenvalue weighted by molar-refractivity contribution is -0.154. The summed E-state index contributed by atoms with van der Waals surface area (Å²) in [5, 5.41) is 2.85. The summed E-state index contributed by atoms with van der Waals surface area (Å²) in [6, 6.07) is 8.21. The number of hydrogen-bond acceptors (Lipinski definition) is 6. The molecule has 0 radical (unpaired) electrons. The van der Waals surface area contributed by atoms with E-state index in [0.29, 0.717) is 12.6 Å². The van der Waals surface area contributed by atoms with E-state index in [0.717, 1.165) is 34.9 Å². The molecule has 1 saturated carbocycles. The van der Waals surface area contributed by atoms with Crippen molar-refractivity contribution in [1.82, 2.24) is 14.5 Å². The van der Waals surface area contributed by atoms with Crippen molar-refractivity contribution >= 4 is 17.3 Å². The fourth-order valence-corrected chi connectivity index (χ4v) is 3.95. The van der Waals surface area contributed by atoms with Crippen LogP contribution in [0.15, 0.2) is 48.4 Å². The molecule has 0 amide bonds. The number of benzene rings is 1. The fourth-order valence-electron chi connectivity index (χ4n) is 3.14. The molecule has 0 saturated heterocycles. The molecule has 6 nitrogen and oxygen atoms in total. The Hall–Kier alpha value is -2.67. The van der Waals surface area contributed by atoms with E-state index in [1.807, 2.05) is 47.3 Å². The Morgan fingerprint density at radius 3 is 2.81 bits per heavy atom. The number of esters is 1. The number of nitrogens with zero attached hydrogens (tertiary/aromatic N) is 3. The van der Waals surface area contributed by atoms with Gasteiger partial charge in [-0.3, -0.25) is 4.79 Å². The van der Waals surface area contributed by atoms with Gasteiger partial charge in [-0.05, 0) is 44.0 Å².